The number of esters is 1. The van der Waals surface area contributed by atoms with E-state index in [1.54, 1.807) is 13.0 Å². The predicted octanol–water partition coefficient (Wildman–Crippen LogP) is 0.488. The largest absolute Gasteiger partial charge is 0.463 e. The number of carbonyl (C=O) groups is 1. The first-order chi connectivity index (χ1) is 9.55. The number of methoxy groups -OCH3 is 1. The lowest BCUT2D eigenvalue weighted by Crippen LogP contribution is -2.60. The molecule has 0 bridgehead atoms. The SMILES string of the molecule is CCOC1CC(N)C1Nc1cc(C)nc(C(=O)OC)n1. The first-order valence-corrected chi connectivity index (χ1v) is 6.62. The van der Waals surface area contributed by atoms with Crippen LogP contribution in [-0.2, 0) is 9.47 Å². The average molecular weight is 280 g/mol. The number of rotatable bonds is 5. The number of nitrogens with one attached hydrogen (secondary N) is 1. The molecule has 0 aromatic carbocycles. The summed E-state index contributed by atoms with van der Waals surface area (Å²) in [5.74, 6) is 0.0367. The van der Waals surface area contributed by atoms with Gasteiger partial charge in [-0.1, -0.05) is 0 Å². The van der Waals surface area contributed by atoms with Crippen LogP contribution in [0.15, 0.2) is 6.07 Å². The normalized spacial score (nSPS) is 24.9. The third-order valence-corrected chi connectivity index (χ3v) is 3.28. The van der Waals surface area contributed by atoms with Crippen molar-refractivity contribution in [2.24, 2.45) is 5.73 Å². The maximum Gasteiger partial charge on any atom is 0.376 e. The minimum atomic E-state index is -0.559. The first kappa shape index (κ1) is 14.7. The van der Waals surface area contributed by atoms with E-state index in [2.05, 4.69) is 20.0 Å². The Hall–Kier alpha value is -1.73. The summed E-state index contributed by atoms with van der Waals surface area (Å²) in [5, 5.41) is 3.21. The number of nitrogens with zero attached hydrogens (tertiary/aromatic N) is 2. The van der Waals surface area contributed by atoms with Gasteiger partial charge < -0.3 is 20.5 Å². The lowest BCUT2D eigenvalue weighted by atomic mass is 9.83. The third kappa shape index (κ3) is 3.05. The van der Waals surface area contributed by atoms with Crippen molar-refractivity contribution in [2.45, 2.75) is 38.5 Å². The lowest BCUT2D eigenvalue weighted by Gasteiger charge is -2.42. The van der Waals surface area contributed by atoms with E-state index in [-0.39, 0.29) is 24.0 Å². The molecule has 1 aromatic heterocycles. The van der Waals surface area contributed by atoms with Crippen molar-refractivity contribution in [3.05, 3.63) is 17.6 Å². The van der Waals surface area contributed by atoms with Crippen LogP contribution in [0.3, 0.4) is 0 Å². The van der Waals surface area contributed by atoms with Crippen molar-refractivity contribution in [3.8, 4) is 0 Å². The van der Waals surface area contributed by atoms with Gasteiger partial charge in [-0.05, 0) is 20.3 Å². The molecule has 0 amide bonds. The molecule has 1 fully saturated rings. The second-order valence-corrected chi connectivity index (χ2v) is 4.77. The molecule has 0 spiro atoms. The molecule has 1 heterocycles. The molecule has 7 nitrogen and oxygen atoms in total. The molecule has 1 saturated carbocycles. The van der Waals surface area contributed by atoms with Crippen LogP contribution in [-0.4, -0.2) is 47.8 Å². The van der Waals surface area contributed by atoms with Crippen LogP contribution in [0.1, 0.15) is 29.7 Å². The van der Waals surface area contributed by atoms with Crippen LogP contribution in [0.5, 0.6) is 0 Å². The number of carbonyl (C=O) groups excluding carboxylic acids is 1. The lowest BCUT2D eigenvalue weighted by molar-refractivity contribution is -0.0127. The molecule has 0 saturated heterocycles. The van der Waals surface area contributed by atoms with Gasteiger partial charge in [0.25, 0.3) is 0 Å². The fraction of sp³-hybridized carbons (Fsp3) is 0.615. The van der Waals surface area contributed by atoms with Gasteiger partial charge in [0.2, 0.25) is 5.82 Å². The van der Waals surface area contributed by atoms with E-state index in [1.807, 2.05) is 6.92 Å². The molecule has 3 N–H and O–H groups in total. The number of hydrogen-bond acceptors (Lipinski definition) is 7. The molecule has 2 rings (SSSR count). The fourth-order valence-corrected chi connectivity index (χ4v) is 2.22. The van der Waals surface area contributed by atoms with E-state index in [9.17, 15) is 4.79 Å². The second kappa shape index (κ2) is 6.15. The number of ether oxygens (including phenoxy) is 2. The molecule has 7 heteroatoms. The van der Waals surface area contributed by atoms with Crippen molar-refractivity contribution in [3.63, 3.8) is 0 Å². The van der Waals surface area contributed by atoms with E-state index in [4.69, 9.17) is 10.5 Å². The zero-order chi connectivity index (χ0) is 14.7. The maximum atomic E-state index is 11.5. The average Bonchev–Trinajstić information content (AvgIpc) is 2.43. The summed E-state index contributed by atoms with van der Waals surface area (Å²) in [6, 6.07) is 1.78. The Morgan fingerprint density at radius 1 is 1.55 bits per heavy atom. The summed E-state index contributed by atoms with van der Waals surface area (Å²) >= 11 is 0. The summed E-state index contributed by atoms with van der Waals surface area (Å²) in [7, 11) is 1.30. The van der Waals surface area contributed by atoms with Crippen LogP contribution < -0.4 is 11.1 Å². The Balaban J connectivity index is 2.12. The van der Waals surface area contributed by atoms with Crippen LogP contribution in [0, 0.1) is 6.92 Å². The first-order valence-electron chi connectivity index (χ1n) is 6.62. The second-order valence-electron chi connectivity index (χ2n) is 4.77. The van der Waals surface area contributed by atoms with E-state index >= 15 is 0 Å². The molecular formula is C13H20N4O3. The third-order valence-electron chi connectivity index (χ3n) is 3.28. The fourth-order valence-electron chi connectivity index (χ4n) is 2.22. The topological polar surface area (TPSA) is 99.4 Å². The van der Waals surface area contributed by atoms with Crippen LogP contribution in [0.4, 0.5) is 5.82 Å². The quantitative estimate of drug-likeness (QED) is 0.757. The van der Waals surface area contributed by atoms with E-state index in [0.29, 0.717) is 18.1 Å². The molecule has 0 aliphatic heterocycles. The standard InChI is InChI=1S/C13H20N4O3/c1-4-20-9-6-8(14)11(9)16-10-5-7(2)15-12(17-10)13(18)19-3/h5,8-9,11H,4,6,14H2,1-3H3,(H,15,16,17). The molecule has 1 aliphatic rings. The Labute approximate surface area is 117 Å². The predicted molar refractivity (Wildman–Crippen MR) is 73.5 cm³/mol. The molecule has 110 valence electrons. The van der Waals surface area contributed by atoms with Crippen molar-refractivity contribution < 1.29 is 14.3 Å². The number of hydrogen-bond donors (Lipinski definition) is 2. The molecule has 1 aliphatic carbocycles. The Morgan fingerprint density at radius 3 is 2.90 bits per heavy atom. The molecule has 0 radical (unpaired) electrons. The number of nitrogens with two attached hydrogens (primary N) is 1. The van der Waals surface area contributed by atoms with Crippen LogP contribution in [0.25, 0.3) is 0 Å². The Bertz CT molecular complexity index is 493. The van der Waals surface area contributed by atoms with Gasteiger partial charge in [0.1, 0.15) is 5.82 Å². The molecule has 1 aromatic rings. The van der Waals surface area contributed by atoms with Gasteiger partial charge in [0.05, 0.1) is 19.3 Å². The highest BCUT2D eigenvalue weighted by molar-refractivity contribution is 5.85. The highest BCUT2D eigenvalue weighted by Gasteiger charge is 2.39. The molecule has 3 atom stereocenters. The van der Waals surface area contributed by atoms with E-state index < -0.39 is 5.97 Å². The summed E-state index contributed by atoms with van der Waals surface area (Å²) in [6.45, 7) is 4.39. The van der Waals surface area contributed by atoms with Gasteiger partial charge in [-0.25, -0.2) is 14.8 Å². The molecule has 3 unspecified atom stereocenters. The van der Waals surface area contributed by atoms with Crippen molar-refractivity contribution >= 4 is 11.8 Å². The summed E-state index contributed by atoms with van der Waals surface area (Å²) in [5.41, 5.74) is 6.66. The zero-order valence-corrected chi connectivity index (χ0v) is 11.9. The monoisotopic (exact) mass is 280 g/mol. The van der Waals surface area contributed by atoms with Gasteiger partial charge in [-0.3, -0.25) is 0 Å². The van der Waals surface area contributed by atoms with Gasteiger partial charge in [0.15, 0.2) is 0 Å². The number of anilines is 1. The Kier molecular flexibility index (Phi) is 4.51. The van der Waals surface area contributed by atoms with Gasteiger partial charge in [-0.15, -0.1) is 0 Å². The van der Waals surface area contributed by atoms with Crippen molar-refractivity contribution in [2.75, 3.05) is 19.0 Å². The summed E-state index contributed by atoms with van der Waals surface area (Å²) in [6.07, 6.45) is 0.895. The number of aryl methyl sites for hydroxylation is 1. The summed E-state index contributed by atoms with van der Waals surface area (Å²) < 4.78 is 10.2. The minimum absolute atomic E-state index is 0.00486. The highest BCUT2D eigenvalue weighted by Crippen LogP contribution is 2.25. The van der Waals surface area contributed by atoms with Gasteiger partial charge >= 0.3 is 5.97 Å². The van der Waals surface area contributed by atoms with Crippen molar-refractivity contribution in [1.29, 1.82) is 0 Å². The van der Waals surface area contributed by atoms with E-state index in [0.717, 1.165) is 6.42 Å². The summed E-state index contributed by atoms with van der Waals surface area (Å²) in [4.78, 5) is 19.7. The van der Waals surface area contributed by atoms with E-state index in [1.165, 1.54) is 7.11 Å². The maximum absolute atomic E-state index is 11.5. The van der Waals surface area contributed by atoms with Gasteiger partial charge in [-0.2, -0.15) is 0 Å². The van der Waals surface area contributed by atoms with Gasteiger partial charge in [0, 0.05) is 24.4 Å². The molecular weight excluding hydrogens is 260 g/mol. The van der Waals surface area contributed by atoms with Crippen molar-refractivity contribution in [1.82, 2.24) is 9.97 Å². The van der Waals surface area contributed by atoms with Crippen LogP contribution in [0.2, 0.25) is 0 Å². The Morgan fingerprint density at radius 2 is 2.30 bits per heavy atom. The molecule has 20 heavy (non-hydrogen) atoms. The smallest absolute Gasteiger partial charge is 0.376 e. The van der Waals surface area contributed by atoms with Crippen LogP contribution >= 0.6 is 0 Å². The number of aromatic nitrogens is 2. The minimum Gasteiger partial charge on any atom is -0.463 e. The zero-order valence-electron chi connectivity index (χ0n) is 11.9. The highest BCUT2D eigenvalue weighted by atomic mass is 16.5.